The fourth-order valence-electron chi connectivity index (χ4n) is 3.03. The van der Waals surface area contributed by atoms with Crippen LogP contribution in [0.15, 0.2) is 30.3 Å². The Morgan fingerprint density at radius 1 is 1.05 bits per heavy atom. The molecule has 4 nitrogen and oxygen atoms in total. The Balaban J connectivity index is 2.19. The molecule has 0 spiro atoms. The SMILES string of the molecule is COC(=O)C(C(=O)OC)[C@H]1CCCC[C@@H]1[Se]c1ccccc1. The zero-order valence-electron chi connectivity index (χ0n) is 13.0. The van der Waals surface area contributed by atoms with Crippen molar-refractivity contribution < 1.29 is 19.1 Å². The van der Waals surface area contributed by atoms with Gasteiger partial charge in [0.05, 0.1) is 0 Å². The number of carbonyl (C=O) groups excluding carboxylic acids is 2. The van der Waals surface area contributed by atoms with Crippen LogP contribution in [0.4, 0.5) is 0 Å². The van der Waals surface area contributed by atoms with E-state index in [0.717, 1.165) is 25.7 Å². The van der Waals surface area contributed by atoms with Gasteiger partial charge in [0.25, 0.3) is 0 Å². The molecule has 5 heteroatoms. The first-order chi connectivity index (χ1) is 10.7. The Morgan fingerprint density at radius 2 is 1.64 bits per heavy atom. The molecular weight excluding hydrogens is 347 g/mol. The van der Waals surface area contributed by atoms with Crippen LogP contribution < -0.4 is 4.46 Å². The van der Waals surface area contributed by atoms with Gasteiger partial charge in [-0.05, 0) is 0 Å². The number of hydrogen-bond donors (Lipinski definition) is 0. The summed E-state index contributed by atoms with van der Waals surface area (Å²) in [7, 11) is 2.66. The number of methoxy groups -OCH3 is 2. The maximum absolute atomic E-state index is 12.1. The standard InChI is InChI=1S/C17H22O4Se/c1-20-16(18)15(17(19)21-2)13-10-6-7-11-14(13)22-12-8-4-3-5-9-12/h3-5,8-9,13-15H,6-7,10-11H2,1-2H3/t13-,14-/m0/s1. The molecule has 1 fully saturated rings. The van der Waals surface area contributed by atoms with E-state index in [1.165, 1.54) is 18.7 Å². The van der Waals surface area contributed by atoms with E-state index < -0.39 is 17.9 Å². The van der Waals surface area contributed by atoms with Crippen LogP contribution in [0.3, 0.4) is 0 Å². The van der Waals surface area contributed by atoms with E-state index in [4.69, 9.17) is 9.47 Å². The molecule has 0 bridgehead atoms. The van der Waals surface area contributed by atoms with Gasteiger partial charge in [0.15, 0.2) is 0 Å². The van der Waals surface area contributed by atoms with Gasteiger partial charge in [-0.25, -0.2) is 0 Å². The average molecular weight is 369 g/mol. The molecule has 0 amide bonds. The van der Waals surface area contributed by atoms with E-state index in [0.29, 0.717) is 4.82 Å². The summed E-state index contributed by atoms with van der Waals surface area (Å²) in [4.78, 5) is 24.6. The number of ether oxygens (including phenoxy) is 2. The van der Waals surface area contributed by atoms with Crippen molar-refractivity contribution in [3.63, 3.8) is 0 Å². The molecular formula is C17H22O4Se. The number of benzene rings is 1. The van der Waals surface area contributed by atoms with E-state index in [1.54, 1.807) is 0 Å². The predicted octanol–water partition coefficient (Wildman–Crippen LogP) is 1.96. The van der Waals surface area contributed by atoms with Crippen molar-refractivity contribution in [2.75, 3.05) is 14.2 Å². The molecule has 1 aliphatic rings. The van der Waals surface area contributed by atoms with Crippen LogP contribution in [0, 0.1) is 11.8 Å². The van der Waals surface area contributed by atoms with Gasteiger partial charge in [-0.2, -0.15) is 0 Å². The van der Waals surface area contributed by atoms with Crippen molar-refractivity contribution in [2.24, 2.45) is 11.8 Å². The Labute approximate surface area is 137 Å². The van der Waals surface area contributed by atoms with Gasteiger partial charge in [-0.15, -0.1) is 0 Å². The van der Waals surface area contributed by atoms with Gasteiger partial charge < -0.3 is 0 Å². The van der Waals surface area contributed by atoms with E-state index in [2.05, 4.69) is 12.1 Å². The van der Waals surface area contributed by atoms with Crippen LogP contribution in [0.1, 0.15) is 25.7 Å². The van der Waals surface area contributed by atoms with E-state index in [1.807, 2.05) is 18.2 Å². The number of esters is 2. The zero-order valence-corrected chi connectivity index (χ0v) is 14.7. The Kier molecular flexibility index (Phi) is 6.47. The van der Waals surface area contributed by atoms with Crippen LogP contribution >= 0.6 is 0 Å². The molecule has 1 aromatic carbocycles. The minimum atomic E-state index is -0.786. The summed E-state index contributed by atoms with van der Waals surface area (Å²) in [6, 6.07) is 10.3. The topological polar surface area (TPSA) is 52.6 Å². The summed E-state index contributed by atoms with van der Waals surface area (Å²) >= 11 is 0.243. The second-order valence-electron chi connectivity index (χ2n) is 5.44. The molecule has 1 aliphatic carbocycles. The van der Waals surface area contributed by atoms with Crippen molar-refractivity contribution in [3.05, 3.63) is 30.3 Å². The second-order valence-corrected chi connectivity index (χ2v) is 8.20. The molecule has 0 saturated heterocycles. The quantitative estimate of drug-likeness (QED) is 0.452. The van der Waals surface area contributed by atoms with Gasteiger partial charge in [-0.1, -0.05) is 0 Å². The Bertz CT molecular complexity index is 487. The van der Waals surface area contributed by atoms with Crippen LogP contribution in [-0.2, 0) is 19.1 Å². The molecule has 0 aromatic heterocycles. The predicted molar refractivity (Wildman–Crippen MR) is 85.1 cm³/mol. The summed E-state index contributed by atoms with van der Waals surface area (Å²) in [6.45, 7) is 0. The molecule has 1 aromatic rings. The number of rotatable bonds is 5. The first-order valence-corrected chi connectivity index (χ1v) is 9.39. The molecule has 0 radical (unpaired) electrons. The monoisotopic (exact) mass is 370 g/mol. The fourth-order valence-corrected chi connectivity index (χ4v) is 6.00. The van der Waals surface area contributed by atoms with E-state index in [-0.39, 0.29) is 20.9 Å². The molecule has 22 heavy (non-hydrogen) atoms. The molecule has 2 rings (SSSR count). The fraction of sp³-hybridized carbons (Fsp3) is 0.529. The summed E-state index contributed by atoms with van der Waals surface area (Å²) < 4.78 is 11.0. The molecule has 0 heterocycles. The normalized spacial score (nSPS) is 21.4. The maximum atomic E-state index is 12.1. The molecule has 1 saturated carbocycles. The third kappa shape index (κ3) is 4.11. The molecule has 0 aliphatic heterocycles. The summed E-state index contributed by atoms with van der Waals surface area (Å²) in [5.74, 6) is -1.69. The third-order valence-electron chi connectivity index (χ3n) is 4.12. The van der Waals surface area contributed by atoms with Crippen LogP contribution in [0.25, 0.3) is 0 Å². The van der Waals surface area contributed by atoms with Gasteiger partial charge >= 0.3 is 137 Å². The van der Waals surface area contributed by atoms with Crippen LogP contribution in [0.2, 0.25) is 4.82 Å². The van der Waals surface area contributed by atoms with E-state index >= 15 is 0 Å². The van der Waals surface area contributed by atoms with Crippen LogP contribution in [0.5, 0.6) is 0 Å². The summed E-state index contributed by atoms with van der Waals surface area (Å²) in [5.41, 5.74) is 0. The third-order valence-corrected chi connectivity index (χ3v) is 7.13. The van der Waals surface area contributed by atoms with Crippen molar-refractivity contribution in [1.82, 2.24) is 0 Å². The molecule has 2 atom stereocenters. The summed E-state index contributed by atoms with van der Waals surface area (Å²) in [5, 5.41) is 0. The first-order valence-electron chi connectivity index (χ1n) is 7.54. The van der Waals surface area contributed by atoms with Gasteiger partial charge in [0.2, 0.25) is 0 Å². The van der Waals surface area contributed by atoms with E-state index in [9.17, 15) is 9.59 Å². The molecule has 120 valence electrons. The van der Waals surface area contributed by atoms with Gasteiger partial charge in [-0.3, -0.25) is 0 Å². The van der Waals surface area contributed by atoms with Crippen molar-refractivity contribution in [3.8, 4) is 0 Å². The Morgan fingerprint density at radius 3 is 2.23 bits per heavy atom. The second kappa shape index (κ2) is 8.35. The van der Waals surface area contributed by atoms with Crippen LogP contribution in [-0.4, -0.2) is 41.1 Å². The van der Waals surface area contributed by atoms with Crippen molar-refractivity contribution >= 4 is 31.4 Å². The Hall–Kier alpha value is -1.32. The molecule has 0 N–H and O–H groups in total. The summed E-state index contributed by atoms with van der Waals surface area (Å²) in [6.07, 6.45) is 4.15. The van der Waals surface area contributed by atoms with Crippen molar-refractivity contribution in [1.29, 1.82) is 0 Å². The number of hydrogen-bond acceptors (Lipinski definition) is 4. The zero-order chi connectivity index (χ0) is 15.9. The van der Waals surface area contributed by atoms with Gasteiger partial charge in [0.1, 0.15) is 0 Å². The average Bonchev–Trinajstić information content (AvgIpc) is 2.57. The van der Waals surface area contributed by atoms with Crippen molar-refractivity contribution in [2.45, 2.75) is 30.5 Å². The first kappa shape index (κ1) is 17.0. The molecule has 0 unspecified atom stereocenters. The minimum absolute atomic E-state index is 0.0221. The van der Waals surface area contributed by atoms with Gasteiger partial charge in [0, 0.05) is 0 Å². The number of carbonyl (C=O) groups is 2.